The Hall–Kier alpha value is -1.39. The summed E-state index contributed by atoms with van der Waals surface area (Å²) < 4.78 is 1.99. The van der Waals surface area contributed by atoms with Gasteiger partial charge in [-0.25, -0.2) is 0 Å². The predicted octanol–water partition coefficient (Wildman–Crippen LogP) is 2.28. The smallest absolute Gasteiger partial charge is 0.0843 e. The first kappa shape index (κ1) is 13.6. The van der Waals surface area contributed by atoms with Crippen LogP contribution in [0.4, 0.5) is 0 Å². The second-order valence-electron chi connectivity index (χ2n) is 5.80. The van der Waals surface area contributed by atoms with Gasteiger partial charge in [-0.15, -0.1) is 0 Å². The summed E-state index contributed by atoms with van der Waals surface area (Å²) in [4.78, 5) is 2.53. The third-order valence-electron chi connectivity index (χ3n) is 4.46. The molecule has 108 valence electrons. The fraction of sp³-hybridized carbons (Fsp3) is 0.562. The van der Waals surface area contributed by atoms with Crippen LogP contribution >= 0.6 is 0 Å². The molecule has 0 spiro atoms. The Morgan fingerprint density at radius 1 is 1.25 bits per heavy atom. The van der Waals surface area contributed by atoms with Gasteiger partial charge in [0.05, 0.1) is 11.2 Å². The SMILES string of the molecule is Cn1nc(CN2CCCCCC2CN)c2ccccc21. The molecule has 0 saturated carbocycles. The lowest BCUT2D eigenvalue weighted by Gasteiger charge is -2.28. The largest absolute Gasteiger partial charge is 0.329 e. The molecular formula is C16H24N4. The van der Waals surface area contributed by atoms with Crippen molar-refractivity contribution in [1.29, 1.82) is 0 Å². The zero-order chi connectivity index (χ0) is 13.9. The fourth-order valence-electron chi connectivity index (χ4n) is 3.31. The van der Waals surface area contributed by atoms with E-state index >= 15 is 0 Å². The highest BCUT2D eigenvalue weighted by Gasteiger charge is 2.21. The molecule has 0 bridgehead atoms. The minimum atomic E-state index is 0.512. The summed E-state index contributed by atoms with van der Waals surface area (Å²) in [6.45, 7) is 2.82. The second kappa shape index (κ2) is 5.94. The highest BCUT2D eigenvalue weighted by molar-refractivity contribution is 5.81. The summed E-state index contributed by atoms with van der Waals surface area (Å²) in [6, 6.07) is 8.98. The van der Waals surface area contributed by atoms with E-state index in [1.807, 2.05) is 11.7 Å². The minimum Gasteiger partial charge on any atom is -0.329 e. The quantitative estimate of drug-likeness (QED) is 0.932. The number of nitrogens with two attached hydrogens (primary N) is 1. The molecule has 1 aromatic carbocycles. The van der Waals surface area contributed by atoms with E-state index in [1.165, 1.54) is 42.3 Å². The van der Waals surface area contributed by atoms with Crippen LogP contribution in [0.3, 0.4) is 0 Å². The molecule has 2 aromatic rings. The minimum absolute atomic E-state index is 0.512. The van der Waals surface area contributed by atoms with Crippen LogP contribution in [0, 0.1) is 0 Å². The average molecular weight is 272 g/mol. The van der Waals surface area contributed by atoms with Gasteiger partial charge in [0.2, 0.25) is 0 Å². The van der Waals surface area contributed by atoms with Crippen LogP contribution in [0.25, 0.3) is 10.9 Å². The Morgan fingerprint density at radius 3 is 2.95 bits per heavy atom. The molecule has 1 unspecified atom stereocenters. The number of aromatic nitrogens is 2. The van der Waals surface area contributed by atoms with Gasteiger partial charge in [0, 0.05) is 31.6 Å². The fourth-order valence-corrected chi connectivity index (χ4v) is 3.31. The Morgan fingerprint density at radius 2 is 2.10 bits per heavy atom. The van der Waals surface area contributed by atoms with Crippen LogP contribution in [0.15, 0.2) is 24.3 Å². The van der Waals surface area contributed by atoms with E-state index in [2.05, 4.69) is 29.2 Å². The monoisotopic (exact) mass is 272 g/mol. The Labute approximate surface area is 120 Å². The van der Waals surface area contributed by atoms with E-state index in [-0.39, 0.29) is 0 Å². The van der Waals surface area contributed by atoms with E-state index in [9.17, 15) is 0 Å². The van der Waals surface area contributed by atoms with Gasteiger partial charge in [-0.2, -0.15) is 5.10 Å². The van der Waals surface area contributed by atoms with E-state index in [1.54, 1.807) is 0 Å². The van der Waals surface area contributed by atoms with Crippen LogP contribution in [0.2, 0.25) is 0 Å². The number of hydrogen-bond donors (Lipinski definition) is 1. The standard InChI is InChI=1S/C16H24N4/c1-19-16-9-5-4-8-14(16)15(18-19)12-20-10-6-2-3-7-13(20)11-17/h4-5,8-9,13H,2-3,6-7,10-12,17H2,1H3. The summed E-state index contributed by atoms with van der Waals surface area (Å²) >= 11 is 0. The number of rotatable bonds is 3. The van der Waals surface area contributed by atoms with E-state index in [4.69, 9.17) is 10.8 Å². The van der Waals surface area contributed by atoms with Gasteiger partial charge in [0.1, 0.15) is 0 Å². The molecule has 2 heterocycles. The van der Waals surface area contributed by atoms with E-state index < -0.39 is 0 Å². The van der Waals surface area contributed by atoms with Crippen molar-refractivity contribution in [3.05, 3.63) is 30.0 Å². The van der Waals surface area contributed by atoms with Gasteiger partial charge in [-0.05, 0) is 25.5 Å². The molecule has 1 atom stereocenters. The molecule has 4 nitrogen and oxygen atoms in total. The lowest BCUT2D eigenvalue weighted by atomic mass is 10.1. The molecule has 0 radical (unpaired) electrons. The van der Waals surface area contributed by atoms with Crippen LogP contribution in [0.1, 0.15) is 31.4 Å². The third-order valence-corrected chi connectivity index (χ3v) is 4.46. The van der Waals surface area contributed by atoms with Gasteiger partial charge in [-0.3, -0.25) is 9.58 Å². The zero-order valence-corrected chi connectivity index (χ0v) is 12.3. The summed E-state index contributed by atoms with van der Waals surface area (Å²) in [6.07, 6.45) is 5.14. The highest BCUT2D eigenvalue weighted by atomic mass is 15.3. The van der Waals surface area contributed by atoms with E-state index in [0.29, 0.717) is 6.04 Å². The van der Waals surface area contributed by atoms with Crippen molar-refractivity contribution >= 4 is 10.9 Å². The van der Waals surface area contributed by atoms with Gasteiger partial charge in [-0.1, -0.05) is 31.0 Å². The van der Waals surface area contributed by atoms with Crippen molar-refractivity contribution in [2.75, 3.05) is 13.1 Å². The van der Waals surface area contributed by atoms with E-state index in [0.717, 1.165) is 19.6 Å². The summed E-state index contributed by atoms with van der Waals surface area (Å²) in [5, 5.41) is 5.99. The Bertz CT molecular complexity index is 575. The van der Waals surface area contributed by atoms with Gasteiger partial charge < -0.3 is 5.73 Å². The predicted molar refractivity (Wildman–Crippen MR) is 82.4 cm³/mol. The Balaban J connectivity index is 1.87. The molecule has 2 N–H and O–H groups in total. The number of likely N-dealkylation sites (tertiary alicyclic amines) is 1. The maximum Gasteiger partial charge on any atom is 0.0843 e. The van der Waals surface area contributed by atoms with Crippen molar-refractivity contribution in [2.45, 2.75) is 38.3 Å². The molecule has 1 aliphatic rings. The van der Waals surface area contributed by atoms with Crippen LogP contribution < -0.4 is 5.73 Å². The number of hydrogen-bond acceptors (Lipinski definition) is 3. The molecular weight excluding hydrogens is 248 g/mol. The topological polar surface area (TPSA) is 47.1 Å². The molecule has 20 heavy (non-hydrogen) atoms. The Kier molecular flexibility index (Phi) is 4.03. The van der Waals surface area contributed by atoms with Crippen molar-refractivity contribution in [3.8, 4) is 0 Å². The van der Waals surface area contributed by atoms with Crippen LogP contribution in [-0.4, -0.2) is 33.8 Å². The number of benzene rings is 1. The van der Waals surface area contributed by atoms with Gasteiger partial charge in [0.15, 0.2) is 0 Å². The number of nitrogens with zero attached hydrogens (tertiary/aromatic N) is 3. The van der Waals surface area contributed by atoms with Crippen molar-refractivity contribution in [2.24, 2.45) is 12.8 Å². The highest BCUT2D eigenvalue weighted by Crippen LogP contribution is 2.22. The molecule has 0 aliphatic carbocycles. The summed E-state index contributed by atoms with van der Waals surface area (Å²) in [5.41, 5.74) is 8.36. The number of fused-ring (bicyclic) bond motifs is 1. The first-order valence-corrected chi connectivity index (χ1v) is 7.64. The van der Waals surface area contributed by atoms with Crippen molar-refractivity contribution in [1.82, 2.24) is 14.7 Å². The average Bonchev–Trinajstić information content (AvgIpc) is 2.64. The maximum absolute atomic E-state index is 5.97. The molecule has 1 aromatic heterocycles. The summed E-state index contributed by atoms with van der Waals surface area (Å²) in [7, 11) is 2.02. The molecule has 4 heteroatoms. The van der Waals surface area contributed by atoms with Crippen molar-refractivity contribution < 1.29 is 0 Å². The first-order valence-electron chi connectivity index (χ1n) is 7.64. The molecule has 1 fully saturated rings. The number of aryl methyl sites for hydroxylation is 1. The molecule has 1 aliphatic heterocycles. The normalized spacial score (nSPS) is 21.2. The first-order chi connectivity index (χ1) is 9.79. The molecule has 0 amide bonds. The van der Waals surface area contributed by atoms with Crippen LogP contribution in [-0.2, 0) is 13.6 Å². The van der Waals surface area contributed by atoms with Crippen molar-refractivity contribution in [3.63, 3.8) is 0 Å². The van der Waals surface area contributed by atoms with Gasteiger partial charge >= 0.3 is 0 Å². The molecule has 1 saturated heterocycles. The maximum atomic E-state index is 5.97. The lowest BCUT2D eigenvalue weighted by molar-refractivity contribution is 0.194. The van der Waals surface area contributed by atoms with Crippen LogP contribution in [0.5, 0.6) is 0 Å². The third kappa shape index (κ3) is 2.58. The van der Waals surface area contributed by atoms with Gasteiger partial charge in [0.25, 0.3) is 0 Å². The lowest BCUT2D eigenvalue weighted by Crippen LogP contribution is -2.39. The number of para-hydroxylation sites is 1. The second-order valence-corrected chi connectivity index (χ2v) is 5.80. The summed E-state index contributed by atoms with van der Waals surface area (Å²) in [5.74, 6) is 0. The molecule has 3 rings (SSSR count). The zero-order valence-electron chi connectivity index (χ0n) is 12.3.